The molecule has 0 amide bonds. The third-order valence-corrected chi connectivity index (χ3v) is 8.47. The molecule has 2 aliphatic rings. The minimum atomic E-state index is 0.609. The van der Waals surface area contributed by atoms with E-state index in [-0.39, 0.29) is 0 Å². The molecule has 5 rings (SSSR count). The Morgan fingerprint density at radius 2 is 1.90 bits per heavy atom. The van der Waals surface area contributed by atoms with Gasteiger partial charge in [0.05, 0.1) is 0 Å². The van der Waals surface area contributed by atoms with Crippen LogP contribution in [0.2, 0.25) is 0 Å². The topological polar surface area (TPSA) is 16.1 Å². The van der Waals surface area contributed by atoms with E-state index in [1.54, 1.807) is 5.57 Å². The van der Waals surface area contributed by atoms with Crippen molar-refractivity contribution in [2.45, 2.75) is 57.3 Å². The number of aromatic nitrogens is 1. The van der Waals surface area contributed by atoms with Crippen LogP contribution in [0, 0.1) is 5.92 Å². The lowest BCUT2D eigenvalue weighted by Crippen LogP contribution is -2.30. The first-order valence-electron chi connectivity index (χ1n) is 12.2. The Labute approximate surface area is 191 Å². The van der Waals surface area contributed by atoms with Crippen molar-refractivity contribution in [2.24, 2.45) is 5.92 Å². The minimum Gasteiger partial charge on any atom is -0.299 e. The summed E-state index contributed by atoms with van der Waals surface area (Å²) in [4.78, 5) is 8.86. The molecule has 1 aliphatic carbocycles. The zero-order valence-corrected chi connectivity index (χ0v) is 19.3. The van der Waals surface area contributed by atoms with E-state index in [9.17, 15) is 0 Å². The first kappa shape index (κ1) is 20.9. The maximum atomic E-state index is 4.75. The molecule has 1 fully saturated rings. The number of thiophene rings is 1. The van der Waals surface area contributed by atoms with E-state index in [1.807, 2.05) is 23.6 Å². The highest BCUT2D eigenvalue weighted by atomic mass is 32.1. The van der Waals surface area contributed by atoms with E-state index in [1.165, 1.54) is 85.1 Å². The molecule has 3 aromatic rings. The average molecular weight is 431 g/mol. The maximum Gasteiger partial charge on any atom is 0.0435 e. The lowest BCUT2D eigenvalue weighted by molar-refractivity contribution is 0.263. The number of fused-ring (bicyclic) bond motifs is 1. The summed E-state index contributed by atoms with van der Waals surface area (Å²) in [7, 11) is 0. The highest BCUT2D eigenvalue weighted by molar-refractivity contribution is 7.20. The van der Waals surface area contributed by atoms with Crippen molar-refractivity contribution in [3.8, 4) is 0 Å². The van der Waals surface area contributed by atoms with Crippen LogP contribution in [0.5, 0.6) is 0 Å². The zero-order chi connectivity index (χ0) is 20.9. The molecule has 0 spiro atoms. The average Bonchev–Trinajstić information content (AvgIpc) is 3.28. The molecule has 1 saturated carbocycles. The van der Waals surface area contributed by atoms with Gasteiger partial charge in [-0.3, -0.25) is 9.88 Å². The van der Waals surface area contributed by atoms with Crippen LogP contribution in [-0.2, 0) is 0 Å². The van der Waals surface area contributed by atoms with Crippen LogP contribution in [0.15, 0.2) is 60.8 Å². The standard InChI is InChI=1S/C28H34N2S/c1-2-8-22(9-3-1)20-24(26-11-6-7-16-29-26)15-19-30-17-13-23(14-18-30)28-21-25-10-4-5-12-27(25)31-28/h4-7,10-13,16,21-22,24H,1-3,8-9,14-15,17-20H2. The van der Waals surface area contributed by atoms with E-state index >= 15 is 0 Å². The van der Waals surface area contributed by atoms with Crippen LogP contribution in [0.3, 0.4) is 0 Å². The van der Waals surface area contributed by atoms with Crippen LogP contribution >= 0.6 is 11.3 Å². The molecule has 2 nitrogen and oxygen atoms in total. The van der Waals surface area contributed by atoms with Gasteiger partial charge >= 0.3 is 0 Å². The highest BCUT2D eigenvalue weighted by Gasteiger charge is 2.22. The molecule has 31 heavy (non-hydrogen) atoms. The van der Waals surface area contributed by atoms with Crippen molar-refractivity contribution in [1.29, 1.82) is 0 Å². The van der Waals surface area contributed by atoms with Gasteiger partial charge in [-0.2, -0.15) is 0 Å². The monoisotopic (exact) mass is 430 g/mol. The second-order valence-electron chi connectivity index (χ2n) is 9.41. The van der Waals surface area contributed by atoms with Gasteiger partial charge in [-0.1, -0.05) is 62.4 Å². The normalized spacial score (nSPS) is 19.4. The van der Waals surface area contributed by atoms with Gasteiger partial charge in [0, 0.05) is 40.5 Å². The van der Waals surface area contributed by atoms with Gasteiger partial charge in [0.1, 0.15) is 0 Å². The Morgan fingerprint density at radius 3 is 2.68 bits per heavy atom. The maximum absolute atomic E-state index is 4.75. The molecule has 1 aromatic carbocycles. The summed E-state index contributed by atoms with van der Waals surface area (Å²) in [6, 6.07) is 17.6. The van der Waals surface area contributed by atoms with Crippen LogP contribution in [0.25, 0.3) is 15.7 Å². The fourth-order valence-electron chi connectivity index (χ4n) is 5.45. The van der Waals surface area contributed by atoms with Crippen LogP contribution in [0.1, 0.15) is 67.9 Å². The van der Waals surface area contributed by atoms with Crippen molar-refractivity contribution in [1.82, 2.24) is 9.88 Å². The quantitative estimate of drug-likeness (QED) is 0.385. The van der Waals surface area contributed by atoms with Gasteiger partial charge in [-0.05, 0) is 66.9 Å². The summed E-state index contributed by atoms with van der Waals surface area (Å²) < 4.78 is 1.40. The minimum absolute atomic E-state index is 0.609. The summed E-state index contributed by atoms with van der Waals surface area (Å²) in [5, 5.41) is 1.38. The molecule has 0 N–H and O–H groups in total. The Morgan fingerprint density at radius 1 is 1.03 bits per heavy atom. The molecular formula is C28H34N2S. The molecule has 1 unspecified atom stereocenters. The van der Waals surface area contributed by atoms with Crippen LogP contribution in [0.4, 0.5) is 0 Å². The van der Waals surface area contributed by atoms with Crippen molar-refractivity contribution < 1.29 is 0 Å². The van der Waals surface area contributed by atoms with Crippen molar-refractivity contribution in [2.75, 3.05) is 19.6 Å². The second kappa shape index (κ2) is 10.1. The predicted octanol–water partition coefficient (Wildman–Crippen LogP) is 7.53. The lowest BCUT2D eigenvalue weighted by atomic mass is 9.80. The number of benzene rings is 1. The van der Waals surface area contributed by atoms with Gasteiger partial charge < -0.3 is 0 Å². The van der Waals surface area contributed by atoms with Crippen molar-refractivity contribution in [3.05, 3.63) is 71.4 Å². The number of nitrogens with zero attached hydrogens (tertiary/aromatic N) is 2. The fourth-order valence-corrected chi connectivity index (χ4v) is 6.58. The third-order valence-electron chi connectivity index (χ3n) is 7.28. The predicted molar refractivity (Wildman–Crippen MR) is 134 cm³/mol. The SMILES string of the molecule is C1=C(c2cc3ccccc3s2)CCN(CCC(CC2CCCCC2)c2ccccn2)C1. The lowest BCUT2D eigenvalue weighted by Gasteiger charge is -2.30. The molecule has 0 saturated heterocycles. The fraction of sp³-hybridized carbons (Fsp3) is 0.464. The number of pyridine rings is 1. The largest absolute Gasteiger partial charge is 0.299 e. The van der Waals surface area contributed by atoms with Crippen LogP contribution < -0.4 is 0 Å². The molecule has 0 bridgehead atoms. The first-order chi connectivity index (χ1) is 15.3. The van der Waals surface area contributed by atoms with Gasteiger partial charge in [0.15, 0.2) is 0 Å². The van der Waals surface area contributed by atoms with Gasteiger partial charge in [0.25, 0.3) is 0 Å². The second-order valence-corrected chi connectivity index (χ2v) is 10.5. The van der Waals surface area contributed by atoms with E-state index in [0.29, 0.717) is 5.92 Å². The number of hydrogen-bond donors (Lipinski definition) is 0. The highest BCUT2D eigenvalue weighted by Crippen LogP contribution is 2.36. The smallest absolute Gasteiger partial charge is 0.0435 e. The molecule has 3 heteroatoms. The molecule has 3 heterocycles. The Bertz CT molecular complexity index is 967. The molecule has 162 valence electrons. The van der Waals surface area contributed by atoms with Gasteiger partial charge in [-0.15, -0.1) is 11.3 Å². The Hall–Kier alpha value is -1.97. The molecule has 1 aliphatic heterocycles. The summed E-state index contributed by atoms with van der Waals surface area (Å²) in [6.07, 6.45) is 15.3. The van der Waals surface area contributed by atoms with E-state index in [4.69, 9.17) is 4.98 Å². The van der Waals surface area contributed by atoms with Gasteiger partial charge in [-0.25, -0.2) is 0 Å². The summed E-state index contributed by atoms with van der Waals surface area (Å²) in [5.74, 6) is 1.51. The molecule has 1 atom stereocenters. The summed E-state index contributed by atoms with van der Waals surface area (Å²) >= 11 is 1.94. The van der Waals surface area contributed by atoms with Crippen molar-refractivity contribution in [3.63, 3.8) is 0 Å². The first-order valence-corrected chi connectivity index (χ1v) is 13.0. The van der Waals surface area contributed by atoms with Crippen LogP contribution in [-0.4, -0.2) is 29.5 Å². The van der Waals surface area contributed by atoms with E-state index < -0.39 is 0 Å². The third kappa shape index (κ3) is 5.27. The Kier molecular flexibility index (Phi) is 6.81. The summed E-state index contributed by atoms with van der Waals surface area (Å²) in [5.41, 5.74) is 2.85. The van der Waals surface area contributed by atoms with Gasteiger partial charge in [0.2, 0.25) is 0 Å². The van der Waals surface area contributed by atoms with E-state index in [2.05, 4.69) is 53.4 Å². The molecule has 2 aromatic heterocycles. The number of rotatable bonds is 7. The molecular weight excluding hydrogens is 396 g/mol. The summed E-state index contributed by atoms with van der Waals surface area (Å²) in [6.45, 7) is 3.45. The van der Waals surface area contributed by atoms with Crippen molar-refractivity contribution >= 4 is 27.0 Å². The zero-order valence-electron chi connectivity index (χ0n) is 18.5. The number of hydrogen-bond acceptors (Lipinski definition) is 3. The van der Waals surface area contributed by atoms with E-state index in [0.717, 1.165) is 12.5 Å². The Balaban J connectivity index is 1.20. The molecule has 0 radical (unpaired) electrons.